The number of hydrogen-bond acceptors (Lipinski definition) is 5. The molecule has 0 aliphatic rings. The van der Waals surface area contributed by atoms with E-state index in [0.717, 1.165) is 16.6 Å². The number of nitro benzene ring substituents is 1. The van der Waals surface area contributed by atoms with Crippen LogP contribution in [0.25, 0.3) is 11.0 Å². The van der Waals surface area contributed by atoms with Crippen LogP contribution in [0, 0.1) is 24.0 Å². The maximum absolute atomic E-state index is 12.3. The van der Waals surface area contributed by atoms with Gasteiger partial charge in [-0.3, -0.25) is 14.9 Å². The number of nitro groups is 1. The Kier molecular flexibility index (Phi) is 3.95. The van der Waals surface area contributed by atoms with E-state index in [1.54, 1.807) is 25.1 Å². The van der Waals surface area contributed by atoms with Crippen molar-refractivity contribution in [2.75, 3.05) is 5.32 Å². The minimum Gasteiger partial charge on any atom is -0.319 e. The maximum Gasteiger partial charge on any atom is 0.293 e. The average Bonchev–Trinajstić information content (AvgIpc) is 2.93. The van der Waals surface area contributed by atoms with Gasteiger partial charge in [-0.1, -0.05) is 17.3 Å². The van der Waals surface area contributed by atoms with Crippen LogP contribution >= 0.6 is 0 Å². The van der Waals surface area contributed by atoms with E-state index in [1.807, 2.05) is 19.1 Å². The Morgan fingerprint density at radius 1 is 1.25 bits per heavy atom. The van der Waals surface area contributed by atoms with Gasteiger partial charge in [-0.05, 0) is 43.2 Å². The SMILES string of the molecule is Cc1cc(NC(=O)Cn2nnc3ccccc32)c([N+](=O)[O-])cc1C. The zero-order valence-corrected chi connectivity index (χ0v) is 13.2. The lowest BCUT2D eigenvalue weighted by Crippen LogP contribution is -2.20. The molecule has 1 aromatic heterocycles. The highest BCUT2D eigenvalue weighted by molar-refractivity contribution is 5.93. The summed E-state index contributed by atoms with van der Waals surface area (Å²) in [5, 5.41) is 21.7. The van der Waals surface area contributed by atoms with Gasteiger partial charge in [-0.2, -0.15) is 0 Å². The van der Waals surface area contributed by atoms with Crippen LogP contribution in [0.3, 0.4) is 0 Å². The highest BCUT2D eigenvalue weighted by Crippen LogP contribution is 2.28. The summed E-state index contributed by atoms with van der Waals surface area (Å²) in [6, 6.07) is 10.3. The van der Waals surface area contributed by atoms with Gasteiger partial charge in [-0.25, -0.2) is 4.68 Å². The molecule has 0 saturated carbocycles. The molecule has 2 aromatic carbocycles. The number of carbonyl (C=O) groups is 1. The molecule has 0 bridgehead atoms. The number of aromatic nitrogens is 3. The highest BCUT2D eigenvalue weighted by atomic mass is 16.6. The summed E-state index contributed by atoms with van der Waals surface area (Å²) >= 11 is 0. The second-order valence-corrected chi connectivity index (χ2v) is 5.49. The summed E-state index contributed by atoms with van der Waals surface area (Å²) in [4.78, 5) is 23.0. The van der Waals surface area contributed by atoms with Gasteiger partial charge >= 0.3 is 0 Å². The van der Waals surface area contributed by atoms with E-state index in [9.17, 15) is 14.9 Å². The van der Waals surface area contributed by atoms with E-state index in [-0.39, 0.29) is 17.9 Å². The molecule has 24 heavy (non-hydrogen) atoms. The van der Waals surface area contributed by atoms with Crippen molar-refractivity contribution in [1.29, 1.82) is 0 Å². The van der Waals surface area contributed by atoms with Crippen molar-refractivity contribution in [2.24, 2.45) is 0 Å². The van der Waals surface area contributed by atoms with Crippen molar-refractivity contribution in [3.8, 4) is 0 Å². The van der Waals surface area contributed by atoms with Crippen LogP contribution < -0.4 is 5.32 Å². The number of aryl methyl sites for hydroxylation is 2. The monoisotopic (exact) mass is 325 g/mol. The van der Waals surface area contributed by atoms with Crippen LogP contribution in [-0.2, 0) is 11.3 Å². The van der Waals surface area contributed by atoms with Crippen molar-refractivity contribution in [2.45, 2.75) is 20.4 Å². The molecule has 0 unspecified atom stereocenters. The Labute approximate surface area is 137 Å². The fourth-order valence-electron chi connectivity index (χ4n) is 2.41. The Bertz CT molecular complexity index is 948. The Morgan fingerprint density at radius 3 is 2.71 bits per heavy atom. The molecule has 0 fully saturated rings. The molecular weight excluding hydrogens is 310 g/mol. The topological polar surface area (TPSA) is 103 Å². The standard InChI is InChI=1S/C16H15N5O3/c1-10-7-13(15(21(23)24)8-11(10)2)17-16(22)9-20-14-6-4-3-5-12(14)18-19-20/h3-8H,9H2,1-2H3,(H,17,22). The van der Waals surface area contributed by atoms with E-state index < -0.39 is 10.8 Å². The zero-order valence-electron chi connectivity index (χ0n) is 13.2. The molecule has 1 N–H and O–H groups in total. The third-order valence-electron chi connectivity index (χ3n) is 3.80. The normalized spacial score (nSPS) is 10.8. The molecule has 8 heteroatoms. The van der Waals surface area contributed by atoms with Crippen LogP contribution in [0.5, 0.6) is 0 Å². The third-order valence-corrected chi connectivity index (χ3v) is 3.80. The number of anilines is 1. The molecule has 0 radical (unpaired) electrons. The minimum absolute atomic E-state index is 0.0788. The smallest absolute Gasteiger partial charge is 0.293 e. The molecule has 3 rings (SSSR count). The van der Waals surface area contributed by atoms with Gasteiger partial charge in [0.15, 0.2) is 0 Å². The molecule has 0 spiro atoms. The summed E-state index contributed by atoms with van der Waals surface area (Å²) in [5.74, 6) is -0.406. The zero-order chi connectivity index (χ0) is 17.3. The van der Waals surface area contributed by atoms with Gasteiger partial charge in [0.05, 0.1) is 10.4 Å². The number of benzene rings is 2. The quantitative estimate of drug-likeness (QED) is 0.586. The predicted octanol–water partition coefficient (Wildman–Crippen LogP) is 2.60. The van der Waals surface area contributed by atoms with E-state index >= 15 is 0 Å². The first kappa shape index (κ1) is 15.6. The summed E-state index contributed by atoms with van der Waals surface area (Å²) in [5.41, 5.74) is 3.11. The van der Waals surface area contributed by atoms with Crippen LogP contribution in [0.15, 0.2) is 36.4 Å². The molecule has 0 aliphatic carbocycles. The molecule has 1 amide bonds. The fraction of sp³-hybridized carbons (Fsp3) is 0.188. The summed E-state index contributed by atoms with van der Waals surface area (Å²) in [6.45, 7) is 3.54. The molecule has 0 atom stereocenters. The number of nitrogens with zero attached hydrogens (tertiary/aromatic N) is 4. The lowest BCUT2D eigenvalue weighted by Gasteiger charge is -2.09. The predicted molar refractivity (Wildman–Crippen MR) is 88.7 cm³/mol. The highest BCUT2D eigenvalue weighted by Gasteiger charge is 2.18. The number of hydrogen-bond donors (Lipinski definition) is 1. The van der Waals surface area contributed by atoms with E-state index in [1.165, 1.54) is 10.7 Å². The van der Waals surface area contributed by atoms with Crippen LogP contribution in [0.1, 0.15) is 11.1 Å². The number of nitrogens with one attached hydrogen (secondary N) is 1. The molecule has 8 nitrogen and oxygen atoms in total. The minimum atomic E-state index is -0.507. The molecule has 1 heterocycles. The molecule has 0 saturated heterocycles. The number of fused-ring (bicyclic) bond motifs is 1. The van der Waals surface area contributed by atoms with E-state index in [0.29, 0.717) is 5.52 Å². The summed E-state index contributed by atoms with van der Waals surface area (Å²) in [6.07, 6.45) is 0. The maximum atomic E-state index is 12.3. The fourth-order valence-corrected chi connectivity index (χ4v) is 2.41. The Morgan fingerprint density at radius 2 is 1.96 bits per heavy atom. The van der Waals surface area contributed by atoms with Gasteiger partial charge in [0.2, 0.25) is 5.91 Å². The second-order valence-electron chi connectivity index (χ2n) is 5.49. The number of carbonyl (C=O) groups excluding carboxylic acids is 1. The first-order valence-electron chi connectivity index (χ1n) is 7.29. The van der Waals surface area contributed by atoms with Gasteiger partial charge < -0.3 is 5.32 Å². The number of para-hydroxylation sites is 1. The van der Waals surface area contributed by atoms with Crippen molar-refractivity contribution in [3.05, 3.63) is 57.6 Å². The first-order valence-corrected chi connectivity index (χ1v) is 7.29. The van der Waals surface area contributed by atoms with E-state index in [4.69, 9.17) is 0 Å². The molecule has 0 aliphatic heterocycles. The summed E-state index contributed by atoms with van der Waals surface area (Å²) < 4.78 is 1.46. The van der Waals surface area contributed by atoms with Gasteiger partial charge in [-0.15, -0.1) is 5.10 Å². The van der Waals surface area contributed by atoms with Gasteiger partial charge in [0.25, 0.3) is 5.69 Å². The van der Waals surface area contributed by atoms with Crippen LogP contribution in [0.2, 0.25) is 0 Å². The van der Waals surface area contributed by atoms with Gasteiger partial charge in [0.1, 0.15) is 17.7 Å². The van der Waals surface area contributed by atoms with Gasteiger partial charge in [0, 0.05) is 6.07 Å². The average molecular weight is 325 g/mol. The summed E-state index contributed by atoms with van der Waals surface area (Å²) in [7, 11) is 0. The molecular formula is C16H15N5O3. The Balaban J connectivity index is 1.85. The van der Waals surface area contributed by atoms with Crippen LogP contribution in [-0.4, -0.2) is 25.8 Å². The van der Waals surface area contributed by atoms with Crippen molar-refractivity contribution in [3.63, 3.8) is 0 Å². The number of rotatable bonds is 4. The lowest BCUT2D eigenvalue weighted by molar-refractivity contribution is -0.384. The van der Waals surface area contributed by atoms with Crippen LogP contribution in [0.4, 0.5) is 11.4 Å². The first-order chi connectivity index (χ1) is 11.5. The van der Waals surface area contributed by atoms with Crippen molar-refractivity contribution >= 4 is 28.3 Å². The van der Waals surface area contributed by atoms with E-state index in [2.05, 4.69) is 15.6 Å². The third kappa shape index (κ3) is 2.94. The lowest BCUT2D eigenvalue weighted by atomic mass is 10.1. The molecule has 3 aromatic rings. The number of amides is 1. The second kappa shape index (κ2) is 6.07. The van der Waals surface area contributed by atoms with Crippen molar-refractivity contribution in [1.82, 2.24) is 15.0 Å². The Hall–Kier alpha value is -3.29. The largest absolute Gasteiger partial charge is 0.319 e. The molecule has 122 valence electrons. The van der Waals surface area contributed by atoms with Crippen molar-refractivity contribution < 1.29 is 9.72 Å².